The van der Waals surface area contributed by atoms with E-state index in [4.69, 9.17) is 9.47 Å². The molecule has 1 fully saturated rings. The van der Waals surface area contributed by atoms with Gasteiger partial charge in [-0.15, -0.1) is 0 Å². The topological polar surface area (TPSA) is 93.2 Å². The molecule has 2 aromatic rings. The van der Waals surface area contributed by atoms with Gasteiger partial charge < -0.3 is 14.4 Å². The number of anilines is 1. The van der Waals surface area contributed by atoms with E-state index in [2.05, 4.69) is 0 Å². The van der Waals surface area contributed by atoms with Crippen molar-refractivity contribution in [2.45, 2.75) is 44.6 Å². The van der Waals surface area contributed by atoms with E-state index in [1.165, 1.54) is 16.4 Å². The maximum Gasteiger partial charge on any atom is 0.309 e. The molecule has 0 aliphatic carbocycles. The number of carbonyl (C=O) groups excluding carboxylic acids is 2. The summed E-state index contributed by atoms with van der Waals surface area (Å²) < 4.78 is 38.0. The van der Waals surface area contributed by atoms with Crippen molar-refractivity contribution >= 4 is 27.6 Å². The average molecular weight is 489 g/mol. The van der Waals surface area contributed by atoms with Crippen LogP contribution in [0.1, 0.15) is 33.6 Å². The lowest BCUT2D eigenvalue weighted by Gasteiger charge is -2.30. The molecule has 0 bridgehead atoms. The highest BCUT2D eigenvalue weighted by Crippen LogP contribution is 2.26. The van der Waals surface area contributed by atoms with Gasteiger partial charge >= 0.3 is 5.97 Å². The van der Waals surface area contributed by atoms with E-state index in [0.717, 1.165) is 5.69 Å². The fraction of sp³-hybridized carbons (Fsp3) is 0.440. The second-order valence-corrected chi connectivity index (χ2v) is 10.3. The van der Waals surface area contributed by atoms with Crippen molar-refractivity contribution in [3.8, 4) is 5.75 Å². The molecule has 1 aliphatic rings. The number of sulfonamides is 1. The number of carbonyl (C=O) groups is 2. The third-order valence-electron chi connectivity index (χ3n) is 5.72. The summed E-state index contributed by atoms with van der Waals surface area (Å²) in [5.74, 6) is -0.599. The lowest BCUT2D eigenvalue weighted by atomic mass is 9.98. The molecule has 184 valence electrons. The van der Waals surface area contributed by atoms with Gasteiger partial charge in [-0.3, -0.25) is 9.59 Å². The second-order valence-electron chi connectivity index (χ2n) is 8.38. The van der Waals surface area contributed by atoms with E-state index in [9.17, 15) is 18.0 Å². The van der Waals surface area contributed by atoms with Crippen LogP contribution in [0.3, 0.4) is 0 Å². The molecule has 0 radical (unpaired) electrons. The van der Waals surface area contributed by atoms with Crippen LogP contribution in [0.4, 0.5) is 5.69 Å². The van der Waals surface area contributed by atoms with E-state index >= 15 is 0 Å². The summed E-state index contributed by atoms with van der Waals surface area (Å²) >= 11 is 0. The van der Waals surface area contributed by atoms with Crippen molar-refractivity contribution in [1.82, 2.24) is 4.31 Å². The van der Waals surface area contributed by atoms with Crippen LogP contribution < -0.4 is 9.64 Å². The molecular weight excluding hydrogens is 456 g/mol. The smallest absolute Gasteiger partial charge is 0.309 e. The van der Waals surface area contributed by atoms with Gasteiger partial charge in [0.25, 0.3) is 5.91 Å². The number of esters is 1. The fourth-order valence-corrected chi connectivity index (χ4v) is 5.46. The third-order valence-corrected chi connectivity index (χ3v) is 7.63. The summed E-state index contributed by atoms with van der Waals surface area (Å²) in [5, 5.41) is 0. The lowest BCUT2D eigenvalue weighted by molar-refractivity contribution is -0.153. The Morgan fingerprint density at radius 1 is 1.03 bits per heavy atom. The van der Waals surface area contributed by atoms with Crippen LogP contribution in [0.5, 0.6) is 5.75 Å². The lowest BCUT2D eigenvalue weighted by Crippen LogP contribution is -2.42. The number of amides is 1. The Bertz CT molecular complexity index is 1060. The minimum atomic E-state index is -3.66. The Labute approximate surface area is 201 Å². The van der Waals surface area contributed by atoms with Crippen molar-refractivity contribution in [3.05, 3.63) is 54.6 Å². The monoisotopic (exact) mass is 488 g/mol. The van der Waals surface area contributed by atoms with Gasteiger partial charge in [-0.25, -0.2) is 8.42 Å². The number of para-hydroxylation sites is 1. The molecule has 0 unspecified atom stereocenters. The molecule has 0 aromatic heterocycles. The van der Waals surface area contributed by atoms with Crippen molar-refractivity contribution in [2.24, 2.45) is 5.92 Å². The normalized spacial score (nSPS) is 15.2. The summed E-state index contributed by atoms with van der Waals surface area (Å²) in [7, 11) is -3.66. The Morgan fingerprint density at radius 3 is 2.21 bits per heavy atom. The van der Waals surface area contributed by atoms with Gasteiger partial charge in [-0.1, -0.05) is 18.2 Å². The third kappa shape index (κ3) is 6.15. The van der Waals surface area contributed by atoms with Crippen molar-refractivity contribution in [3.63, 3.8) is 0 Å². The SMILES string of the molecule is CCOc1ccc(S(=O)(=O)N2CCC(C(=O)OCC(=O)N(c3ccccc3)C(C)C)CC2)cc1. The quantitative estimate of drug-likeness (QED) is 0.502. The molecule has 8 nitrogen and oxygen atoms in total. The van der Waals surface area contributed by atoms with Gasteiger partial charge in [-0.05, 0) is 70.0 Å². The zero-order valence-corrected chi connectivity index (χ0v) is 20.7. The second kappa shape index (κ2) is 11.5. The van der Waals surface area contributed by atoms with Crippen LogP contribution in [-0.4, -0.2) is 56.9 Å². The van der Waals surface area contributed by atoms with E-state index in [1.54, 1.807) is 17.0 Å². The molecule has 2 aromatic carbocycles. The van der Waals surface area contributed by atoms with Gasteiger partial charge in [0.1, 0.15) is 5.75 Å². The summed E-state index contributed by atoms with van der Waals surface area (Å²) in [4.78, 5) is 27.1. The molecule has 0 N–H and O–H groups in total. The number of nitrogens with zero attached hydrogens (tertiary/aromatic N) is 2. The summed E-state index contributed by atoms with van der Waals surface area (Å²) in [6, 6.07) is 15.5. The number of piperidine rings is 1. The predicted octanol–water partition coefficient (Wildman–Crippen LogP) is 3.47. The van der Waals surface area contributed by atoms with Crippen LogP contribution in [0, 0.1) is 5.92 Å². The first-order valence-corrected chi connectivity index (χ1v) is 12.9. The van der Waals surface area contributed by atoms with Gasteiger partial charge in [-0.2, -0.15) is 4.31 Å². The van der Waals surface area contributed by atoms with Crippen LogP contribution in [-0.2, 0) is 24.3 Å². The number of hydrogen-bond acceptors (Lipinski definition) is 6. The first-order chi connectivity index (χ1) is 16.2. The minimum absolute atomic E-state index is 0.0929. The fourth-order valence-electron chi connectivity index (χ4n) is 3.99. The van der Waals surface area contributed by atoms with Crippen LogP contribution in [0.2, 0.25) is 0 Å². The number of ether oxygens (including phenoxy) is 2. The molecule has 1 aliphatic heterocycles. The summed E-state index contributed by atoms with van der Waals surface area (Å²) in [6.45, 7) is 6.23. The molecule has 3 rings (SSSR count). The first kappa shape index (κ1) is 25.7. The molecule has 1 saturated heterocycles. The predicted molar refractivity (Wildman–Crippen MR) is 129 cm³/mol. The van der Waals surface area contributed by atoms with Crippen LogP contribution >= 0.6 is 0 Å². The van der Waals surface area contributed by atoms with Crippen LogP contribution in [0.15, 0.2) is 59.5 Å². The summed E-state index contributed by atoms with van der Waals surface area (Å²) in [6.07, 6.45) is 0.686. The molecule has 0 atom stereocenters. The standard InChI is InChI=1S/C25H32N2O6S/c1-4-32-22-10-12-23(13-11-22)34(30,31)26-16-14-20(15-17-26)25(29)33-18-24(28)27(19(2)3)21-8-6-5-7-9-21/h5-13,19-20H,4,14-18H2,1-3H3. The highest BCUT2D eigenvalue weighted by Gasteiger charge is 2.33. The molecular formula is C25H32N2O6S. The van der Waals surface area contributed by atoms with Crippen molar-refractivity contribution < 1.29 is 27.5 Å². The minimum Gasteiger partial charge on any atom is -0.494 e. The molecule has 0 spiro atoms. The Morgan fingerprint density at radius 2 is 1.65 bits per heavy atom. The van der Waals surface area contributed by atoms with E-state index in [-0.39, 0.29) is 36.5 Å². The van der Waals surface area contributed by atoms with Gasteiger partial charge in [0.2, 0.25) is 10.0 Å². The highest BCUT2D eigenvalue weighted by molar-refractivity contribution is 7.89. The average Bonchev–Trinajstić information content (AvgIpc) is 2.84. The highest BCUT2D eigenvalue weighted by atomic mass is 32.2. The largest absolute Gasteiger partial charge is 0.494 e. The van der Waals surface area contributed by atoms with Gasteiger partial charge in [0.05, 0.1) is 17.4 Å². The number of rotatable bonds is 9. The Balaban J connectivity index is 1.53. The number of benzene rings is 2. The van der Waals surface area contributed by atoms with E-state index in [1.807, 2.05) is 51.1 Å². The zero-order valence-electron chi connectivity index (χ0n) is 19.8. The van der Waals surface area contributed by atoms with Crippen molar-refractivity contribution in [2.75, 3.05) is 31.2 Å². The molecule has 1 heterocycles. The molecule has 9 heteroatoms. The maximum absolute atomic E-state index is 12.9. The number of hydrogen-bond donors (Lipinski definition) is 0. The van der Waals surface area contributed by atoms with E-state index in [0.29, 0.717) is 25.2 Å². The van der Waals surface area contributed by atoms with Gasteiger partial charge in [0, 0.05) is 24.8 Å². The van der Waals surface area contributed by atoms with Gasteiger partial charge in [0.15, 0.2) is 6.61 Å². The molecule has 0 saturated carbocycles. The first-order valence-electron chi connectivity index (χ1n) is 11.5. The Kier molecular flexibility index (Phi) is 8.68. The van der Waals surface area contributed by atoms with Crippen LogP contribution in [0.25, 0.3) is 0 Å². The molecule has 1 amide bonds. The zero-order chi connectivity index (χ0) is 24.7. The van der Waals surface area contributed by atoms with E-state index < -0.39 is 21.9 Å². The Hall–Kier alpha value is -2.91. The maximum atomic E-state index is 12.9. The summed E-state index contributed by atoms with van der Waals surface area (Å²) in [5.41, 5.74) is 0.742. The molecule has 34 heavy (non-hydrogen) atoms. The van der Waals surface area contributed by atoms with Crippen molar-refractivity contribution in [1.29, 1.82) is 0 Å².